The lowest BCUT2D eigenvalue weighted by Crippen LogP contribution is -2.50. The molecule has 0 heterocycles. The third kappa shape index (κ3) is 14.6. The van der Waals surface area contributed by atoms with Crippen molar-refractivity contribution in [3.63, 3.8) is 0 Å². The molecule has 0 aliphatic heterocycles. The molecule has 0 spiro atoms. The molecule has 0 saturated carbocycles. The molecule has 0 saturated heterocycles. The predicted molar refractivity (Wildman–Crippen MR) is 391 cm³/mol. The average Bonchev–Trinajstić information content (AvgIpc) is 0.792. The molecule has 0 radical (unpaired) electrons. The van der Waals surface area contributed by atoms with Gasteiger partial charge in [-0.05, 0) is 92.7 Å². The van der Waals surface area contributed by atoms with E-state index in [1.165, 1.54) is 66.8 Å². The van der Waals surface area contributed by atoms with Crippen LogP contribution in [0.5, 0.6) is 0 Å². The summed E-state index contributed by atoms with van der Waals surface area (Å²) in [5, 5.41) is 17.0. The first-order valence-corrected chi connectivity index (χ1v) is 33.7. The van der Waals surface area contributed by atoms with Crippen molar-refractivity contribution < 1.29 is 0 Å². The maximum atomic E-state index is 4.26. The van der Waals surface area contributed by atoms with E-state index in [1.807, 2.05) is 0 Å². The highest BCUT2D eigenvalue weighted by molar-refractivity contribution is 5.54. The first kappa shape index (κ1) is 64.5. The van der Waals surface area contributed by atoms with Crippen LogP contribution in [0, 0.1) is 0 Å². The second-order valence-electron chi connectivity index (χ2n) is 24.5. The normalized spacial score (nSPS) is 12.1. The summed E-state index contributed by atoms with van der Waals surface area (Å²) in [4.78, 5) is 5.40. The van der Waals surface area contributed by atoms with Gasteiger partial charge in [0.25, 0.3) is 0 Å². The highest BCUT2D eigenvalue weighted by atomic mass is 15.2. The summed E-state index contributed by atoms with van der Waals surface area (Å²) >= 11 is 0. The quantitative estimate of drug-likeness (QED) is 0.0243. The molecule has 0 bridgehead atoms. The first-order valence-electron chi connectivity index (χ1n) is 33.7. The monoisotopic (exact) mass is 1230 g/mol. The summed E-state index contributed by atoms with van der Waals surface area (Å²) in [5.74, 6) is 0. The zero-order valence-electron chi connectivity index (χ0n) is 54.0. The minimum absolute atomic E-state index is 0.586. The molecule has 12 aromatic rings. The van der Waals surface area contributed by atoms with E-state index < -0.39 is 22.2 Å². The molecule has 0 amide bonds. The summed E-state index contributed by atoms with van der Waals surface area (Å²) in [5.41, 5.74) is 12.2. The van der Waals surface area contributed by atoms with Crippen molar-refractivity contribution in [2.24, 2.45) is 0 Å². The zero-order valence-corrected chi connectivity index (χ0v) is 54.0. The average molecular weight is 1230 g/mol. The molecule has 4 N–H and O–H groups in total. The predicted octanol–water partition coefficient (Wildman–Crippen LogP) is 16.7. The van der Waals surface area contributed by atoms with Crippen LogP contribution in [-0.4, -0.2) is 75.2 Å². The number of nitrogens with one attached hydrogen (secondary N) is 4. The maximum absolute atomic E-state index is 4.26. The van der Waals surface area contributed by atoms with E-state index in [9.17, 15) is 0 Å². The Morgan fingerprint density at radius 3 is 0.394 bits per heavy atom. The Morgan fingerprint density at radius 1 is 0.160 bits per heavy atom. The molecule has 0 atom stereocenters. The van der Waals surface area contributed by atoms with Gasteiger partial charge in [0.05, 0.1) is 22.2 Å². The summed E-state index contributed by atoms with van der Waals surface area (Å²) in [6, 6.07) is 132. The SMILES string of the molecule is c1ccc(C(NCCN(CCCCN(CCNC(c2ccccc2)(c2ccccc2)c2ccccc2)CCNC(c2ccccc2)(c2ccccc2)c2ccccc2)CCNC(c2ccccc2)(c2ccccc2)c2ccccc2)(c2ccccc2)c2ccccc2)cc1. The van der Waals surface area contributed by atoms with Crippen molar-refractivity contribution in [3.8, 4) is 0 Å². The van der Waals surface area contributed by atoms with Crippen LogP contribution in [0.3, 0.4) is 0 Å². The molecule has 0 aromatic heterocycles. The van der Waals surface area contributed by atoms with Gasteiger partial charge < -0.3 is 9.80 Å². The molecule has 12 rings (SSSR count). The van der Waals surface area contributed by atoms with Crippen molar-refractivity contribution in [3.05, 3.63) is 431 Å². The zero-order chi connectivity index (χ0) is 63.8. The van der Waals surface area contributed by atoms with Gasteiger partial charge in [-0.15, -0.1) is 0 Å². The van der Waals surface area contributed by atoms with E-state index in [-0.39, 0.29) is 0 Å². The van der Waals surface area contributed by atoms with Gasteiger partial charge in [0, 0.05) is 52.4 Å². The molecule has 0 fully saturated rings. The van der Waals surface area contributed by atoms with Crippen LogP contribution in [0.2, 0.25) is 0 Å². The van der Waals surface area contributed by atoms with E-state index >= 15 is 0 Å². The van der Waals surface area contributed by atoms with Gasteiger partial charge in [0.15, 0.2) is 0 Å². The molecule has 470 valence electrons. The number of benzene rings is 12. The van der Waals surface area contributed by atoms with Crippen LogP contribution in [0.4, 0.5) is 0 Å². The molecule has 6 heteroatoms. The largest absolute Gasteiger partial charge is 0.301 e. The maximum Gasteiger partial charge on any atom is 0.0948 e. The third-order valence-corrected chi connectivity index (χ3v) is 19.0. The lowest BCUT2D eigenvalue weighted by atomic mass is 9.77. The number of unbranched alkanes of at least 4 members (excludes halogenated alkanes) is 1. The topological polar surface area (TPSA) is 54.6 Å². The summed E-state index contributed by atoms with van der Waals surface area (Å²) < 4.78 is 0. The van der Waals surface area contributed by atoms with Gasteiger partial charge in [-0.25, -0.2) is 0 Å². The van der Waals surface area contributed by atoms with Gasteiger partial charge in [-0.2, -0.15) is 0 Å². The minimum Gasteiger partial charge on any atom is -0.301 e. The highest BCUT2D eigenvalue weighted by Crippen LogP contribution is 2.41. The molecule has 94 heavy (non-hydrogen) atoms. The smallest absolute Gasteiger partial charge is 0.0948 e. The molecule has 6 nitrogen and oxygen atoms in total. The van der Waals surface area contributed by atoms with Crippen molar-refractivity contribution in [1.29, 1.82) is 0 Å². The Bertz CT molecular complexity index is 3140. The van der Waals surface area contributed by atoms with E-state index in [1.54, 1.807) is 0 Å². The van der Waals surface area contributed by atoms with Gasteiger partial charge in [0.2, 0.25) is 0 Å². The Hall–Kier alpha value is -9.60. The van der Waals surface area contributed by atoms with Crippen LogP contribution < -0.4 is 21.3 Å². The van der Waals surface area contributed by atoms with Gasteiger partial charge in [-0.1, -0.05) is 364 Å². The number of hydrogen-bond acceptors (Lipinski definition) is 6. The fourth-order valence-corrected chi connectivity index (χ4v) is 14.4. The lowest BCUT2D eigenvalue weighted by molar-refractivity contribution is 0.228. The fraction of sp³-hybridized carbons (Fsp3) is 0.182. The Balaban J connectivity index is 0.854. The van der Waals surface area contributed by atoms with E-state index in [0.717, 1.165) is 78.3 Å². The van der Waals surface area contributed by atoms with E-state index in [4.69, 9.17) is 0 Å². The van der Waals surface area contributed by atoms with Gasteiger partial charge in [-0.3, -0.25) is 21.3 Å². The summed E-state index contributed by atoms with van der Waals surface area (Å²) in [6.45, 7) is 8.21. The van der Waals surface area contributed by atoms with Crippen LogP contribution in [0.25, 0.3) is 0 Å². The lowest BCUT2D eigenvalue weighted by Gasteiger charge is -2.39. The molecular formula is C88H88N6. The molecule has 0 unspecified atom stereocenters. The second-order valence-corrected chi connectivity index (χ2v) is 24.5. The van der Waals surface area contributed by atoms with Crippen LogP contribution >= 0.6 is 0 Å². The Kier molecular flexibility index (Phi) is 22.2. The van der Waals surface area contributed by atoms with Crippen molar-refractivity contribution in [2.45, 2.75) is 35.0 Å². The minimum atomic E-state index is -0.586. The van der Waals surface area contributed by atoms with Crippen LogP contribution in [0.1, 0.15) is 79.6 Å². The highest BCUT2D eigenvalue weighted by Gasteiger charge is 2.40. The number of nitrogens with zero attached hydrogens (tertiary/aromatic N) is 2. The Labute approximate surface area is 559 Å². The third-order valence-electron chi connectivity index (χ3n) is 19.0. The first-order chi connectivity index (χ1) is 46.6. The Morgan fingerprint density at radius 2 is 0.277 bits per heavy atom. The van der Waals surface area contributed by atoms with Crippen LogP contribution in [-0.2, 0) is 22.2 Å². The van der Waals surface area contributed by atoms with Crippen molar-refractivity contribution >= 4 is 0 Å². The molecule has 12 aromatic carbocycles. The van der Waals surface area contributed by atoms with E-state index in [0.29, 0.717) is 0 Å². The van der Waals surface area contributed by atoms with E-state index in [2.05, 4.69) is 395 Å². The van der Waals surface area contributed by atoms with Gasteiger partial charge in [0.1, 0.15) is 0 Å². The van der Waals surface area contributed by atoms with Crippen molar-refractivity contribution in [1.82, 2.24) is 31.1 Å². The second kappa shape index (κ2) is 32.3. The summed E-state index contributed by atoms with van der Waals surface area (Å²) in [6.07, 6.45) is 2.04. The van der Waals surface area contributed by atoms with Crippen molar-refractivity contribution in [2.75, 3.05) is 65.4 Å². The molecule has 0 aliphatic rings. The summed E-state index contributed by atoms with van der Waals surface area (Å²) in [7, 11) is 0. The van der Waals surface area contributed by atoms with Gasteiger partial charge >= 0.3 is 0 Å². The molecule has 0 aliphatic carbocycles. The molecular weight excluding hydrogens is 1140 g/mol. The number of hydrogen-bond donors (Lipinski definition) is 4. The number of rotatable bonds is 33. The standard InChI is InChI=1S/C88H88N6/c1-13-39-73(40-14-1)85(74-41-15-2-16-42-74,75-43-17-3-18-44-75)89-63-69-93(70-64-90-86(76-45-19-4-20-46-76,77-47-21-5-22-48-77)78-49-23-6-24-50-78)67-37-38-68-94(71-65-91-87(79-51-25-7-26-52-79,80-53-27-8-28-54-80)81-55-29-9-30-56-81)72-66-92-88(82-57-31-10-32-58-82,83-59-33-11-34-60-83)84-61-35-12-36-62-84/h1-36,39-62,89-92H,37-38,63-72H2. The van der Waals surface area contributed by atoms with Crippen LogP contribution in [0.15, 0.2) is 364 Å². The fourth-order valence-electron chi connectivity index (χ4n) is 14.4.